The summed E-state index contributed by atoms with van der Waals surface area (Å²) in [6.45, 7) is 0.386. The van der Waals surface area contributed by atoms with Crippen LogP contribution in [0.25, 0.3) is 22.5 Å². The van der Waals surface area contributed by atoms with E-state index in [0.717, 1.165) is 6.26 Å². The fourth-order valence-corrected chi connectivity index (χ4v) is 6.23. The number of ether oxygens (including phenoxy) is 2. The number of halogens is 1. The molecule has 0 atom stereocenters. The summed E-state index contributed by atoms with van der Waals surface area (Å²) in [5.74, 6) is -1.88. The van der Waals surface area contributed by atoms with Crippen LogP contribution >= 0.6 is 0 Å². The molecule has 1 aromatic carbocycles. The van der Waals surface area contributed by atoms with Crippen molar-refractivity contribution in [2.45, 2.75) is 42.1 Å². The van der Waals surface area contributed by atoms with Gasteiger partial charge in [-0.2, -0.15) is 14.7 Å². The zero-order valence-electron chi connectivity index (χ0n) is 21.9. The third kappa shape index (κ3) is 5.05. The standard InChI is InChI=1S/C26H29FN6O6S/c1-38-11-12-39-26(25(34)35)9-7-16(8-10-26)21-22(40(2,36)37)23(28)33-24(31-21)20(14-30-33)17-13-29-32(15-17)19-5-3-18(27)4-6-19/h3-6,13-16H,7-12,28H2,1-2H3,(H,34,35). The van der Waals surface area contributed by atoms with Crippen molar-refractivity contribution in [3.05, 3.63) is 54.4 Å². The molecule has 12 nitrogen and oxygen atoms in total. The number of carboxylic acids is 1. The Bertz CT molecular complexity index is 1660. The van der Waals surface area contributed by atoms with Gasteiger partial charge in [0.05, 0.1) is 37.0 Å². The second kappa shape index (κ2) is 10.6. The highest BCUT2D eigenvalue weighted by Gasteiger charge is 2.44. The first-order valence-corrected chi connectivity index (χ1v) is 14.5. The van der Waals surface area contributed by atoms with Gasteiger partial charge < -0.3 is 20.3 Å². The quantitative estimate of drug-likeness (QED) is 0.285. The molecule has 5 rings (SSSR count). The number of aromatic nitrogens is 5. The van der Waals surface area contributed by atoms with E-state index >= 15 is 0 Å². The van der Waals surface area contributed by atoms with Gasteiger partial charge in [0.1, 0.15) is 16.5 Å². The van der Waals surface area contributed by atoms with Gasteiger partial charge in [-0.1, -0.05) is 0 Å². The number of methoxy groups -OCH3 is 1. The van der Waals surface area contributed by atoms with Crippen LogP contribution in [0.5, 0.6) is 0 Å². The summed E-state index contributed by atoms with van der Waals surface area (Å²) in [4.78, 5) is 16.8. The van der Waals surface area contributed by atoms with Crippen LogP contribution in [0.15, 0.2) is 47.8 Å². The maximum Gasteiger partial charge on any atom is 0.335 e. The molecular formula is C26H29FN6O6S. The summed E-state index contributed by atoms with van der Waals surface area (Å²) in [6, 6.07) is 5.85. The molecule has 0 bridgehead atoms. The first-order chi connectivity index (χ1) is 19.0. The number of hydrogen-bond acceptors (Lipinski definition) is 9. The number of nitrogens with two attached hydrogens (primary N) is 1. The molecular weight excluding hydrogens is 543 g/mol. The molecule has 0 saturated heterocycles. The summed E-state index contributed by atoms with van der Waals surface area (Å²) < 4.78 is 52.7. The average Bonchev–Trinajstić information content (AvgIpc) is 3.56. The summed E-state index contributed by atoms with van der Waals surface area (Å²) in [5, 5.41) is 18.6. The van der Waals surface area contributed by atoms with Crippen LogP contribution in [-0.4, -0.2) is 76.1 Å². The average molecular weight is 573 g/mol. The number of benzene rings is 1. The van der Waals surface area contributed by atoms with Crippen molar-refractivity contribution in [1.29, 1.82) is 0 Å². The molecule has 0 aliphatic heterocycles. The normalized spacial score (nSPS) is 19.7. The van der Waals surface area contributed by atoms with E-state index in [1.807, 2.05) is 0 Å². The van der Waals surface area contributed by atoms with Gasteiger partial charge in [-0.25, -0.2) is 27.3 Å². The molecule has 14 heteroatoms. The first kappa shape index (κ1) is 27.7. The zero-order chi connectivity index (χ0) is 28.7. The van der Waals surface area contributed by atoms with Crippen molar-refractivity contribution in [3.8, 4) is 16.8 Å². The molecule has 1 aliphatic rings. The van der Waals surface area contributed by atoms with Crippen molar-refractivity contribution in [1.82, 2.24) is 24.4 Å². The Kier molecular flexibility index (Phi) is 7.33. The van der Waals surface area contributed by atoms with Gasteiger partial charge in [-0.3, -0.25) is 0 Å². The number of hydrogen-bond donors (Lipinski definition) is 2. The smallest absolute Gasteiger partial charge is 0.335 e. The lowest BCUT2D eigenvalue weighted by molar-refractivity contribution is -0.173. The lowest BCUT2D eigenvalue weighted by atomic mass is 9.77. The molecule has 0 radical (unpaired) electrons. The highest BCUT2D eigenvalue weighted by molar-refractivity contribution is 7.91. The van der Waals surface area contributed by atoms with Crippen molar-refractivity contribution < 1.29 is 32.2 Å². The van der Waals surface area contributed by atoms with E-state index in [1.165, 1.54) is 30.0 Å². The van der Waals surface area contributed by atoms with Gasteiger partial charge in [-0.15, -0.1) is 0 Å². The largest absolute Gasteiger partial charge is 0.479 e. The van der Waals surface area contributed by atoms with E-state index in [1.54, 1.807) is 29.2 Å². The van der Waals surface area contributed by atoms with Crippen LogP contribution in [0, 0.1) is 5.82 Å². The van der Waals surface area contributed by atoms with Crippen molar-refractivity contribution >= 4 is 27.3 Å². The number of nitrogens with zero attached hydrogens (tertiary/aromatic N) is 5. The third-order valence-electron chi connectivity index (χ3n) is 7.25. The number of fused-ring (bicyclic) bond motifs is 1. The lowest BCUT2D eigenvalue weighted by Crippen LogP contribution is -2.45. The Morgan fingerprint density at radius 3 is 2.50 bits per heavy atom. The summed E-state index contributed by atoms with van der Waals surface area (Å²) in [7, 11) is -2.31. The van der Waals surface area contributed by atoms with Crippen molar-refractivity contribution in [3.63, 3.8) is 0 Å². The molecule has 0 amide bonds. The Hall–Kier alpha value is -3.88. The first-order valence-electron chi connectivity index (χ1n) is 12.6. The number of aliphatic carboxylic acids is 1. The van der Waals surface area contributed by atoms with Crippen LogP contribution in [-0.2, 0) is 24.1 Å². The van der Waals surface area contributed by atoms with Crippen LogP contribution in [0.2, 0.25) is 0 Å². The van der Waals surface area contributed by atoms with Crippen molar-refractivity contribution in [2.75, 3.05) is 32.3 Å². The number of carbonyl (C=O) groups is 1. The minimum atomic E-state index is -3.82. The Balaban J connectivity index is 1.54. The topological polar surface area (TPSA) is 164 Å². The fraction of sp³-hybridized carbons (Fsp3) is 0.385. The highest BCUT2D eigenvalue weighted by Crippen LogP contribution is 2.43. The van der Waals surface area contributed by atoms with Gasteiger partial charge in [0.2, 0.25) is 0 Å². The Morgan fingerprint density at radius 1 is 1.18 bits per heavy atom. The van der Waals surface area contributed by atoms with Gasteiger partial charge in [0.15, 0.2) is 21.1 Å². The molecule has 3 N–H and O–H groups in total. The molecule has 0 unspecified atom stereocenters. The second-order valence-electron chi connectivity index (χ2n) is 9.84. The highest BCUT2D eigenvalue weighted by atomic mass is 32.2. The van der Waals surface area contributed by atoms with Crippen molar-refractivity contribution in [2.24, 2.45) is 0 Å². The Labute approximate surface area is 229 Å². The number of sulfone groups is 1. The Morgan fingerprint density at radius 2 is 1.88 bits per heavy atom. The molecule has 3 heterocycles. The third-order valence-corrected chi connectivity index (χ3v) is 8.41. The monoisotopic (exact) mass is 572 g/mol. The van der Waals surface area contributed by atoms with Crippen LogP contribution in [0.4, 0.5) is 10.2 Å². The molecule has 0 spiro atoms. The molecule has 3 aromatic heterocycles. The maximum absolute atomic E-state index is 13.4. The lowest BCUT2D eigenvalue weighted by Gasteiger charge is -2.36. The molecule has 1 saturated carbocycles. The van der Waals surface area contributed by atoms with E-state index in [2.05, 4.69) is 10.2 Å². The van der Waals surface area contributed by atoms with Gasteiger partial charge in [-0.05, 0) is 49.9 Å². The van der Waals surface area contributed by atoms with Crippen LogP contribution < -0.4 is 5.73 Å². The molecule has 1 fully saturated rings. The second-order valence-corrected chi connectivity index (χ2v) is 11.8. The van der Waals surface area contributed by atoms with Gasteiger partial charge in [0, 0.05) is 36.6 Å². The molecule has 4 aromatic rings. The van der Waals surface area contributed by atoms with E-state index in [9.17, 15) is 22.7 Å². The molecule has 40 heavy (non-hydrogen) atoms. The number of nitrogen functional groups attached to an aromatic ring is 1. The SMILES string of the molecule is COCCOC1(C(=O)O)CCC(c2nc3c(-c4cnn(-c5ccc(F)cc5)c4)cnn3c(N)c2S(C)(=O)=O)CC1. The summed E-state index contributed by atoms with van der Waals surface area (Å²) >= 11 is 0. The predicted octanol–water partition coefficient (Wildman–Crippen LogP) is 2.85. The van der Waals surface area contributed by atoms with Gasteiger partial charge >= 0.3 is 5.97 Å². The number of anilines is 1. The van der Waals surface area contributed by atoms with Crippen LogP contribution in [0.3, 0.4) is 0 Å². The molecule has 1 aliphatic carbocycles. The summed E-state index contributed by atoms with van der Waals surface area (Å²) in [6.07, 6.45) is 6.91. The summed E-state index contributed by atoms with van der Waals surface area (Å²) in [5.41, 5.74) is 7.48. The minimum absolute atomic E-state index is 0.0777. The van der Waals surface area contributed by atoms with E-state index in [0.29, 0.717) is 35.3 Å². The van der Waals surface area contributed by atoms with E-state index in [4.69, 9.17) is 20.2 Å². The maximum atomic E-state index is 13.4. The number of carboxylic acid groups (broad SMARTS) is 1. The number of rotatable bonds is 9. The molecule has 212 valence electrons. The van der Waals surface area contributed by atoms with Gasteiger partial charge in [0.25, 0.3) is 0 Å². The minimum Gasteiger partial charge on any atom is -0.479 e. The zero-order valence-corrected chi connectivity index (χ0v) is 22.8. The predicted molar refractivity (Wildman–Crippen MR) is 142 cm³/mol. The fourth-order valence-electron chi connectivity index (χ4n) is 5.17. The van der Waals surface area contributed by atoms with E-state index < -0.39 is 21.4 Å². The van der Waals surface area contributed by atoms with E-state index in [-0.39, 0.29) is 54.2 Å². The van der Waals surface area contributed by atoms with Crippen LogP contribution in [0.1, 0.15) is 37.3 Å².